The average Bonchev–Trinajstić information content (AvgIpc) is 2.42. The highest BCUT2D eigenvalue weighted by Gasteiger charge is 2.31. The van der Waals surface area contributed by atoms with Crippen molar-refractivity contribution < 1.29 is 14.3 Å². The Morgan fingerprint density at radius 3 is 2.20 bits per heavy atom. The Labute approximate surface area is 122 Å². The summed E-state index contributed by atoms with van der Waals surface area (Å²) in [6.07, 6.45) is 0.516. The summed E-state index contributed by atoms with van der Waals surface area (Å²) in [5.41, 5.74) is 1.16. The first-order valence-corrected chi connectivity index (χ1v) is 7.20. The van der Waals surface area contributed by atoms with E-state index in [1.54, 1.807) is 7.11 Å². The van der Waals surface area contributed by atoms with Crippen LogP contribution >= 0.6 is 0 Å². The minimum atomic E-state index is -0.262. The maximum Gasteiger partial charge on any atom is 0.303 e. The molecule has 0 aliphatic carbocycles. The lowest BCUT2D eigenvalue weighted by Crippen LogP contribution is -2.37. The second-order valence-electron chi connectivity index (χ2n) is 5.68. The Morgan fingerprint density at radius 2 is 1.75 bits per heavy atom. The summed E-state index contributed by atoms with van der Waals surface area (Å²) in [6.45, 7) is 7.82. The van der Waals surface area contributed by atoms with Crippen LogP contribution in [0.2, 0.25) is 0 Å². The topological polar surface area (TPSA) is 35.5 Å². The second-order valence-corrected chi connectivity index (χ2v) is 5.68. The van der Waals surface area contributed by atoms with E-state index in [0.717, 1.165) is 12.0 Å². The molecule has 0 heterocycles. The van der Waals surface area contributed by atoms with Crippen LogP contribution in [0.25, 0.3) is 0 Å². The first kappa shape index (κ1) is 16.7. The Morgan fingerprint density at radius 1 is 1.15 bits per heavy atom. The Bertz CT molecular complexity index is 400. The lowest BCUT2D eigenvalue weighted by molar-refractivity contribution is -0.156. The molecule has 3 nitrogen and oxygen atoms in total. The van der Waals surface area contributed by atoms with E-state index < -0.39 is 0 Å². The molecule has 0 bridgehead atoms. The smallest absolute Gasteiger partial charge is 0.303 e. The normalized spacial score (nSPS) is 15.7. The molecule has 0 aromatic heterocycles. The van der Waals surface area contributed by atoms with Crippen LogP contribution in [0.3, 0.4) is 0 Å². The summed E-state index contributed by atoms with van der Waals surface area (Å²) >= 11 is 0. The second kappa shape index (κ2) is 8.05. The first-order chi connectivity index (χ1) is 9.45. The number of carbonyl (C=O) groups excluding carboxylic acids is 1. The van der Waals surface area contributed by atoms with Crippen molar-refractivity contribution in [2.75, 3.05) is 7.11 Å². The van der Waals surface area contributed by atoms with E-state index in [1.807, 2.05) is 18.2 Å². The molecule has 0 amide bonds. The van der Waals surface area contributed by atoms with E-state index in [0.29, 0.717) is 5.92 Å². The zero-order valence-electron chi connectivity index (χ0n) is 13.1. The molecule has 3 atom stereocenters. The standard InChI is InChI=1S/C17H26O3/c1-12(2)11-16(19-5)17(20-14(4)18)13(3)15-9-7-6-8-10-15/h6-10,12-13,16-17H,11H2,1-5H3/t13-,16-,17-/m0/s1. The molecule has 0 aliphatic rings. The van der Waals surface area contributed by atoms with Gasteiger partial charge in [0.25, 0.3) is 0 Å². The van der Waals surface area contributed by atoms with Crippen LogP contribution in [0.5, 0.6) is 0 Å². The highest BCUT2D eigenvalue weighted by atomic mass is 16.6. The third kappa shape index (κ3) is 4.97. The molecule has 0 fully saturated rings. The number of rotatable bonds is 7. The fourth-order valence-corrected chi connectivity index (χ4v) is 2.47. The number of methoxy groups -OCH3 is 1. The lowest BCUT2D eigenvalue weighted by atomic mass is 9.88. The van der Waals surface area contributed by atoms with E-state index in [-0.39, 0.29) is 24.1 Å². The molecule has 112 valence electrons. The van der Waals surface area contributed by atoms with E-state index in [9.17, 15) is 4.79 Å². The van der Waals surface area contributed by atoms with Crippen molar-refractivity contribution >= 4 is 5.97 Å². The minimum absolute atomic E-state index is 0.0888. The number of carbonyl (C=O) groups is 1. The van der Waals surface area contributed by atoms with Gasteiger partial charge in [0, 0.05) is 20.0 Å². The van der Waals surface area contributed by atoms with Gasteiger partial charge in [0.2, 0.25) is 0 Å². The maximum atomic E-state index is 11.4. The first-order valence-electron chi connectivity index (χ1n) is 7.20. The zero-order chi connectivity index (χ0) is 15.1. The van der Waals surface area contributed by atoms with Gasteiger partial charge in [0.05, 0.1) is 6.10 Å². The van der Waals surface area contributed by atoms with Gasteiger partial charge in [-0.1, -0.05) is 51.1 Å². The Kier molecular flexibility index (Phi) is 6.73. The van der Waals surface area contributed by atoms with Gasteiger partial charge in [0.1, 0.15) is 6.10 Å². The third-order valence-corrected chi connectivity index (χ3v) is 3.49. The molecule has 0 spiro atoms. The van der Waals surface area contributed by atoms with Gasteiger partial charge in [-0.3, -0.25) is 4.79 Å². The molecule has 0 unspecified atom stereocenters. The summed E-state index contributed by atoms with van der Waals surface area (Å²) in [4.78, 5) is 11.4. The van der Waals surface area contributed by atoms with Crippen LogP contribution in [-0.2, 0) is 14.3 Å². The van der Waals surface area contributed by atoms with Gasteiger partial charge in [-0.2, -0.15) is 0 Å². The monoisotopic (exact) mass is 278 g/mol. The molecule has 1 aromatic carbocycles. The van der Waals surface area contributed by atoms with Crippen LogP contribution in [0.4, 0.5) is 0 Å². The van der Waals surface area contributed by atoms with Crippen molar-refractivity contribution in [3.63, 3.8) is 0 Å². The molecular formula is C17H26O3. The molecule has 0 aliphatic heterocycles. The summed E-state index contributed by atoms with van der Waals surface area (Å²) < 4.78 is 11.1. The SMILES string of the molecule is CO[C@@H](CC(C)C)[C@@H](OC(C)=O)[C@@H](C)c1ccccc1. The largest absolute Gasteiger partial charge is 0.459 e. The Hall–Kier alpha value is -1.35. The highest BCUT2D eigenvalue weighted by Crippen LogP contribution is 2.28. The van der Waals surface area contributed by atoms with Crippen molar-refractivity contribution in [3.8, 4) is 0 Å². The molecule has 1 aromatic rings. The van der Waals surface area contributed by atoms with Crippen LogP contribution in [-0.4, -0.2) is 25.3 Å². The van der Waals surface area contributed by atoms with Crippen molar-refractivity contribution in [1.82, 2.24) is 0 Å². The van der Waals surface area contributed by atoms with E-state index >= 15 is 0 Å². The Balaban J connectivity index is 2.95. The minimum Gasteiger partial charge on any atom is -0.459 e. The molecule has 20 heavy (non-hydrogen) atoms. The van der Waals surface area contributed by atoms with E-state index in [1.165, 1.54) is 6.92 Å². The molecule has 0 radical (unpaired) electrons. The van der Waals surface area contributed by atoms with Gasteiger partial charge in [0.15, 0.2) is 0 Å². The van der Waals surface area contributed by atoms with Gasteiger partial charge in [-0.05, 0) is 17.9 Å². The summed E-state index contributed by atoms with van der Waals surface area (Å²) in [7, 11) is 1.68. The number of hydrogen-bond donors (Lipinski definition) is 0. The van der Waals surface area contributed by atoms with Gasteiger partial charge in [-0.25, -0.2) is 0 Å². The van der Waals surface area contributed by atoms with Crippen molar-refractivity contribution in [1.29, 1.82) is 0 Å². The molecule has 1 rings (SSSR count). The summed E-state index contributed by atoms with van der Waals surface area (Å²) in [6, 6.07) is 10.1. The van der Waals surface area contributed by atoms with Crippen LogP contribution < -0.4 is 0 Å². The number of benzene rings is 1. The van der Waals surface area contributed by atoms with E-state index in [4.69, 9.17) is 9.47 Å². The fraction of sp³-hybridized carbons (Fsp3) is 0.588. The number of esters is 1. The average molecular weight is 278 g/mol. The van der Waals surface area contributed by atoms with Gasteiger partial charge < -0.3 is 9.47 Å². The predicted octanol–water partition coefficient (Wildman–Crippen LogP) is 3.78. The summed E-state index contributed by atoms with van der Waals surface area (Å²) in [5.74, 6) is 0.327. The van der Waals surface area contributed by atoms with Crippen LogP contribution in [0, 0.1) is 5.92 Å². The quantitative estimate of drug-likeness (QED) is 0.712. The zero-order valence-corrected chi connectivity index (χ0v) is 13.1. The molecule has 0 saturated carbocycles. The fourth-order valence-electron chi connectivity index (χ4n) is 2.47. The van der Waals surface area contributed by atoms with Crippen molar-refractivity contribution in [2.24, 2.45) is 5.92 Å². The van der Waals surface area contributed by atoms with Gasteiger partial charge in [-0.15, -0.1) is 0 Å². The van der Waals surface area contributed by atoms with E-state index in [2.05, 4.69) is 32.9 Å². The summed E-state index contributed by atoms with van der Waals surface area (Å²) in [5, 5.41) is 0. The van der Waals surface area contributed by atoms with Crippen molar-refractivity contribution in [2.45, 2.75) is 52.2 Å². The van der Waals surface area contributed by atoms with Crippen LogP contribution in [0.15, 0.2) is 30.3 Å². The van der Waals surface area contributed by atoms with Gasteiger partial charge >= 0.3 is 5.97 Å². The molecule has 0 saturated heterocycles. The number of hydrogen-bond acceptors (Lipinski definition) is 3. The highest BCUT2D eigenvalue weighted by molar-refractivity contribution is 5.66. The maximum absolute atomic E-state index is 11.4. The van der Waals surface area contributed by atoms with Crippen molar-refractivity contribution in [3.05, 3.63) is 35.9 Å². The molecule has 0 N–H and O–H groups in total. The third-order valence-electron chi connectivity index (χ3n) is 3.49. The predicted molar refractivity (Wildman–Crippen MR) is 80.7 cm³/mol. The molecule has 3 heteroatoms. The lowest BCUT2D eigenvalue weighted by Gasteiger charge is -2.31. The number of ether oxygens (including phenoxy) is 2. The molecular weight excluding hydrogens is 252 g/mol. The van der Waals surface area contributed by atoms with Crippen LogP contribution in [0.1, 0.15) is 45.6 Å².